The highest BCUT2D eigenvalue weighted by Gasteiger charge is 2.27. The lowest BCUT2D eigenvalue weighted by Gasteiger charge is -2.37. The molecule has 6 heteroatoms. The average molecular weight is 347 g/mol. The Labute approximate surface area is 150 Å². The first-order chi connectivity index (χ1) is 12.1. The minimum absolute atomic E-state index is 0.129. The second-order valence-electron chi connectivity index (χ2n) is 7.20. The molecular formula is C19H29N3O3. The molecule has 25 heavy (non-hydrogen) atoms. The van der Waals surface area contributed by atoms with Crippen LogP contribution in [0.15, 0.2) is 18.3 Å². The molecule has 2 saturated heterocycles. The van der Waals surface area contributed by atoms with E-state index in [2.05, 4.69) is 14.8 Å². The zero-order chi connectivity index (χ0) is 17.6. The number of hydrogen-bond donors (Lipinski definition) is 0. The number of rotatable bonds is 5. The topological polar surface area (TPSA) is 54.9 Å². The van der Waals surface area contributed by atoms with Crippen LogP contribution in [-0.2, 0) is 9.47 Å². The summed E-state index contributed by atoms with van der Waals surface area (Å²) in [5.41, 5.74) is 0.572. The Morgan fingerprint density at radius 2 is 2.16 bits per heavy atom. The molecule has 0 amide bonds. The van der Waals surface area contributed by atoms with Crippen molar-refractivity contribution >= 4 is 11.8 Å². The summed E-state index contributed by atoms with van der Waals surface area (Å²) in [5.74, 6) is 1.08. The van der Waals surface area contributed by atoms with Crippen LogP contribution in [0.1, 0.15) is 37.0 Å². The fourth-order valence-corrected chi connectivity index (χ4v) is 3.64. The largest absolute Gasteiger partial charge is 0.459 e. The molecular weight excluding hydrogens is 318 g/mol. The van der Waals surface area contributed by atoms with E-state index >= 15 is 0 Å². The van der Waals surface area contributed by atoms with Crippen LogP contribution in [-0.4, -0.2) is 67.9 Å². The molecule has 2 aliphatic rings. The number of hydrogen-bond acceptors (Lipinski definition) is 6. The summed E-state index contributed by atoms with van der Waals surface area (Å²) in [5, 5.41) is 0. The highest BCUT2D eigenvalue weighted by molar-refractivity contribution is 5.94. The van der Waals surface area contributed by atoms with Gasteiger partial charge in [-0.1, -0.05) is 0 Å². The molecule has 0 saturated carbocycles. The third-order valence-corrected chi connectivity index (χ3v) is 4.79. The first-order valence-electron chi connectivity index (χ1n) is 9.34. The Hall–Kier alpha value is -1.66. The third-order valence-electron chi connectivity index (χ3n) is 4.79. The lowest BCUT2D eigenvalue weighted by molar-refractivity contribution is 0.0295. The van der Waals surface area contributed by atoms with Crippen molar-refractivity contribution in [2.45, 2.75) is 32.8 Å². The number of anilines is 1. The van der Waals surface area contributed by atoms with Crippen LogP contribution in [0.4, 0.5) is 5.82 Å². The molecule has 6 nitrogen and oxygen atoms in total. The smallest absolute Gasteiger partial charge is 0.342 e. The fraction of sp³-hybridized carbons (Fsp3) is 0.684. The van der Waals surface area contributed by atoms with Gasteiger partial charge >= 0.3 is 5.97 Å². The molecule has 0 aromatic carbocycles. The SMILES string of the molecule is CC(C)OC(=O)c1cccnc1N1CCCC(CN2CCOCC2)C1. The molecule has 2 fully saturated rings. The van der Waals surface area contributed by atoms with Crippen LogP contribution < -0.4 is 4.90 Å². The maximum Gasteiger partial charge on any atom is 0.342 e. The van der Waals surface area contributed by atoms with E-state index in [9.17, 15) is 4.79 Å². The summed E-state index contributed by atoms with van der Waals surface area (Å²) in [4.78, 5) is 21.7. The lowest BCUT2D eigenvalue weighted by Crippen LogP contribution is -2.45. The van der Waals surface area contributed by atoms with E-state index in [1.54, 1.807) is 12.3 Å². The average Bonchev–Trinajstić information content (AvgIpc) is 2.62. The Balaban J connectivity index is 1.67. The van der Waals surface area contributed by atoms with Crippen LogP contribution in [0.5, 0.6) is 0 Å². The highest BCUT2D eigenvalue weighted by Crippen LogP contribution is 2.26. The molecule has 1 unspecified atom stereocenters. The number of piperidine rings is 1. The van der Waals surface area contributed by atoms with Gasteiger partial charge in [-0.2, -0.15) is 0 Å². The third kappa shape index (κ3) is 4.92. The van der Waals surface area contributed by atoms with Gasteiger partial charge in [-0.25, -0.2) is 9.78 Å². The number of carbonyl (C=O) groups is 1. The molecule has 138 valence electrons. The molecule has 0 spiro atoms. The number of ether oxygens (including phenoxy) is 2. The van der Waals surface area contributed by atoms with Gasteiger partial charge < -0.3 is 14.4 Å². The summed E-state index contributed by atoms with van der Waals surface area (Å²) in [6, 6.07) is 3.62. The molecule has 1 atom stereocenters. The molecule has 0 bridgehead atoms. The van der Waals surface area contributed by atoms with Crippen molar-refractivity contribution in [3.8, 4) is 0 Å². The van der Waals surface area contributed by atoms with E-state index in [0.717, 1.165) is 58.2 Å². The van der Waals surface area contributed by atoms with Crippen LogP contribution in [0, 0.1) is 5.92 Å². The van der Waals surface area contributed by atoms with Gasteiger partial charge in [0, 0.05) is 38.9 Å². The number of pyridine rings is 1. The second-order valence-corrected chi connectivity index (χ2v) is 7.20. The van der Waals surface area contributed by atoms with E-state index in [1.165, 1.54) is 6.42 Å². The summed E-state index contributed by atoms with van der Waals surface area (Å²) in [7, 11) is 0. The summed E-state index contributed by atoms with van der Waals surface area (Å²) >= 11 is 0. The standard InChI is InChI=1S/C19H29N3O3/c1-15(2)25-19(23)17-6-3-7-20-18(17)22-8-4-5-16(14-22)13-21-9-11-24-12-10-21/h3,6-7,15-16H,4-5,8-14H2,1-2H3. The molecule has 0 N–H and O–H groups in total. The zero-order valence-corrected chi connectivity index (χ0v) is 15.3. The molecule has 2 aliphatic heterocycles. The Kier molecular flexibility index (Phi) is 6.26. The van der Waals surface area contributed by atoms with Crippen molar-refractivity contribution in [2.75, 3.05) is 50.8 Å². The molecule has 3 heterocycles. The van der Waals surface area contributed by atoms with Crippen LogP contribution in [0.25, 0.3) is 0 Å². The van der Waals surface area contributed by atoms with Gasteiger partial charge in [0.2, 0.25) is 0 Å². The molecule has 1 aromatic heterocycles. The van der Waals surface area contributed by atoms with Crippen LogP contribution >= 0.6 is 0 Å². The molecule has 1 aromatic rings. The molecule has 0 radical (unpaired) electrons. The maximum atomic E-state index is 12.4. The van der Waals surface area contributed by atoms with Crippen molar-refractivity contribution in [1.82, 2.24) is 9.88 Å². The zero-order valence-electron chi connectivity index (χ0n) is 15.3. The number of esters is 1. The van der Waals surface area contributed by atoms with Crippen molar-refractivity contribution < 1.29 is 14.3 Å². The van der Waals surface area contributed by atoms with E-state index in [0.29, 0.717) is 11.5 Å². The van der Waals surface area contributed by atoms with Crippen molar-refractivity contribution in [1.29, 1.82) is 0 Å². The normalized spacial score (nSPS) is 22.2. The predicted octanol–water partition coefficient (Wildman–Crippen LogP) is 2.20. The Bertz CT molecular complexity index is 573. The van der Waals surface area contributed by atoms with Gasteiger partial charge in [-0.05, 0) is 44.7 Å². The summed E-state index contributed by atoms with van der Waals surface area (Å²) in [6.07, 6.45) is 3.99. The van der Waals surface area contributed by atoms with Gasteiger partial charge in [0.25, 0.3) is 0 Å². The Morgan fingerprint density at radius 3 is 2.92 bits per heavy atom. The lowest BCUT2D eigenvalue weighted by atomic mass is 9.97. The minimum Gasteiger partial charge on any atom is -0.459 e. The van der Waals surface area contributed by atoms with E-state index in [1.807, 2.05) is 19.9 Å². The number of nitrogens with zero attached hydrogens (tertiary/aromatic N) is 3. The monoisotopic (exact) mass is 347 g/mol. The quantitative estimate of drug-likeness (QED) is 0.761. The minimum atomic E-state index is -0.284. The van der Waals surface area contributed by atoms with Crippen LogP contribution in [0.3, 0.4) is 0 Å². The van der Waals surface area contributed by atoms with Gasteiger partial charge in [0.05, 0.1) is 19.3 Å². The summed E-state index contributed by atoms with van der Waals surface area (Å²) < 4.78 is 10.8. The van der Waals surface area contributed by atoms with Crippen LogP contribution in [0.2, 0.25) is 0 Å². The van der Waals surface area contributed by atoms with E-state index in [-0.39, 0.29) is 12.1 Å². The van der Waals surface area contributed by atoms with Crippen molar-refractivity contribution in [3.63, 3.8) is 0 Å². The van der Waals surface area contributed by atoms with Gasteiger partial charge in [0.1, 0.15) is 11.4 Å². The second kappa shape index (κ2) is 8.63. The Morgan fingerprint density at radius 1 is 1.36 bits per heavy atom. The first-order valence-corrected chi connectivity index (χ1v) is 9.34. The predicted molar refractivity (Wildman–Crippen MR) is 97.0 cm³/mol. The molecule has 3 rings (SSSR count). The number of carbonyl (C=O) groups excluding carboxylic acids is 1. The first kappa shape index (κ1) is 18.1. The van der Waals surface area contributed by atoms with Gasteiger partial charge in [0.15, 0.2) is 0 Å². The van der Waals surface area contributed by atoms with E-state index in [4.69, 9.17) is 9.47 Å². The fourth-order valence-electron chi connectivity index (χ4n) is 3.64. The summed E-state index contributed by atoms with van der Waals surface area (Å²) in [6.45, 7) is 10.4. The number of aromatic nitrogens is 1. The molecule has 0 aliphatic carbocycles. The van der Waals surface area contributed by atoms with Crippen molar-refractivity contribution in [3.05, 3.63) is 23.9 Å². The maximum absolute atomic E-state index is 12.4. The highest BCUT2D eigenvalue weighted by atomic mass is 16.5. The van der Waals surface area contributed by atoms with Gasteiger partial charge in [-0.3, -0.25) is 4.90 Å². The van der Waals surface area contributed by atoms with Gasteiger partial charge in [-0.15, -0.1) is 0 Å². The number of morpholine rings is 1. The van der Waals surface area contributed by atoms with E-state index < -0.39 is 0 Å². The van der Waals surface area contributed by atoms with Crippen molar-refractivity contribution in [2.24, 2.45) is 5.92 Å².